The summed E-state index contributed by atoms with van der Waals surface area (Å²) in [6.07, 6.45) is 3.35. The molecular weight excluding hydrogens is 352 g/mol. The minimum Gasteiger partial charge on any atom is -0.454 e. The third kappa shape index (κ3) is 4.13. The van der Waals surface area contributed by atoms with E-state index < -0.39 is 30.4 Å². The average molecular weight is 372 g/mol. The summed E-state index contributed by atoms with van der Waals surface area (Å²) < 4.78 is 6.11. The molecule has 27 heavy (non-hydrogen) atoms. The molecule has 1 fully saturated rings. The van der Waals surface area contributed by atoms with Crippen molar-refractivity contribution in [3.05, 3.63) is 40.9 Å². The van der Waals surface area contributed by atoms with Gasteiger partial charge in [0.25, 0.3) is 11.5 Å². The summed E-state index contributed by atoms with van der Waals surface area (Å²) in [5.41, 5.74) is 5.50. The molecule has 0 unspecified atom stereocenters. The lowest BCUT2D eigenvalue weighted by molar-refractivity contribution is -0.155. The van der Waals surface area contributed by atoms with E-state index in [0.29, 0.717) is 23.9 Å². The highest BCUT2D eigenvalue weighted by atomic mass is 16.5. The molecule has 0 radical (unpaired) electrons. The molecule has 1 aromatic carbocycles. The number of hydrogen-bond acceptors (Lipinski definition) is 6. The zero-order chi connectivity index (χ0) is 19.4. The molecule has 2 heterocycles. The smallest absolute Gasteiger partial charge is 0.326 e. The van der Waals surface area contributed by atoms with Crippen molar-refractivity contribution >= 4 is 28.7 Å². The predicted octanol–water partition coefficient (Wildman–Crippen LogP) is -0.194. The van der Waals surface area contributed by atoms with Crippen molar-refractivity contribution < 1.29 is 19.1 Å². The fraction of sp³-hybridized carbons (Fsp3) is 0.389. The van der Waals surface area contributed by atoms with Gasteiger partial charge in [-0.3, -0.25) is 23.7 Å². The number of aromatic nitrogens is 2. The zero-order valence-corrected chi connectivity index (χ0v) is 14.7. The highest BCUT2D eigenvalue weighted by Gasteiger charge is 2.30. The number of nitrogens with two attached hydrogens (primary N) is 1. The Labute approximate surface area is 154 Å². The minimum absolute atomic E-state index is 0.358. The number of carbonyl (C=O) groups is 3. The van der Waals surface area contributed by atoms with Gasteiger partial charge in [-0.05, 0) is 31.4 Å². The number of esters is 1. The molecule has 3 rings (SSSR count). The van der Waals surface area contributed by atoms with Crippen molar-refractivity contribution in [3.8, 4) is 0 Å². The highest BCUT2D eigenvalue weighted by Crippen LogP contribution is 2.17. The van der Waals surface area contributed by atoms with Crippen LogP contribution in [0.25, 0.3) is 10.9 Å². The van der Waals surface area contributed by atoms with Crippen LogP contribution in [0, 0.1) is 0 Å². The van der Waals surface area contributed by atoms with E-state index in [0.717, 1.165) is 17.4 Å². The maximum atomic E-state index is 12.4. The Bertz CT molecular complexity index is 939. The van der Waals surface area contributed by atoms with Crippen LogP contribution < -0.4 is 11.3 Å². The molecule has 0 bridgehead atoms. The van der Waals surface area contributed by atoms with E-state index in [1.807, 2.05) is 0 Å². The topological polar surface area (TPSA) is 125 Å². The van der Waals surface area contributed by atoms with Gasteiger partial charge in [-0.2, -0.15) is 0 Å². The molecule has 0 aliphatic carbocycles. The van der Waals surface area contributed by atoms with Gasteiger partial charge in [0.1, 0.15) is 12.6 Å². The second-order valence-corrected chi connectivity index (χ2v) is 6.36. The first kappa shape index (κ1) is 18.6. The van der Waals surface area contributed by atoms with Crippen molar-refractivity contribution in [3.63, 3.8) is 0 Å². The second-order valence-electron chi connectivity index (χ2n) is 6.36. The van der Waals surface area contributed by atoms with Gasteiger partial charge in [-0.25, -0.2) is 4.98 Å². The number of hydrogen-bond donors (Lipinski definition) is 1. The maximum absolute atomic E-state index is 12.4. The van der Waals surface area contributed by atoms with E-state index in [1.54, 1.807) is 24.3 Å². The molecular formula is C18H20N4O5. The van der Waals surface area contributed by atoms with Crippen LogP contribution in [0.3, 0.4) is 0 Å². The number of carbonyl (C=O) groups excluding carboxylic acids is 3. The van der Waals surface area contributed by atoms with Crippen molar-refractivity contribution in [2.24, 2.45) is 5.73 Å². The summed E-state index contributed by atoms with van der Waals surface area (Å²) in [6, 6.07) is 6.12. The van der Waals surface area contributed by atoms with E-state index in [2.05, 4.69) is 4.98 Å². The van der Waals surface area contributed by atoms with Crippen LogP contribution in [0.1, 0.15) is 19.3 Å². The van der Waals surface area contributed by atoms with Crippen LogP contribution in [0.15, 0.2) is 35.4 Å². The molecule has 1 saturated heterocycles. The molecule has 2 aromatic rings. The molecule has 142 valence electrons. The Kier molecular flexibility index (Phi) is 5.49. The Morgan fingerprint density at radius 2 is 2.00 bits per heavy atom. The molecule has 9 nitrogen and oxygen atoms in total. The fourth-order valence-electron chi connectivity index (χ4n) is 3.15. The van der Waals surface area contributed by atoms with Crippen LogP contribution >= 0.6 is 0 Å². The van der Waals surface area contributed by atoms with Crippen molar-refractivity contribution in [2.45, 2.75) is 31.8 Å². The summed E-state index contributed by atoms with van der Waals surface area (Å²) >= 11 is 0. The van der Waals surface area contributed by atoms with Gasteiger partial charge >= 0.3 is 5.97 Å². The number of primary amides is 1. The fourth-order valence-corrected chi connectivity index (χ4v) is 3.15. The first-order valence-electron chi connectivity index (χ1n) is 8.66. The molecule has 2 N–H and O–H groups in total. The monoisotopic (exact) mass is 372 g/mol. The first-order valence-corrected chi connectivity index (χ1v) is 8.66. The van der Waals surface area contributed by atoms with E-state index >= 15 is 0 Å². The lowest BCUT2D eigenvalue weighted by Crippen LogP contribution is -2.51. The number of ether oxygens (including phenoxy) is 1. The lowest BCUT2D eigenvalue weighted by atomic mass is 10.0. The number of fused-ring (bicyclic) bond motifs is 1. The van der Waals surface area contributed by atoms with Gasteiger partial charge < -0.3 is 15.4 Å². The Hall–Kier alpha value is -3.23. The number of likely N-dealkylation sites (tertiary alicyclic amines) is 1. The summed E-state index contributed by atoms with van der Waals surface area (Å²) in [6.45, 7) is -0.459. The van der Waals surface area contributed by atoms with Crippen molar-refractivity contribution in [1.29, 1.82) is 0 Å². The largest absolute Gasteiger partial charge is 0.454 e. The number of benzene rings is 1. The third-order valence-corrected chi connectivity index (χ3v) is 4.54. The lowest BCUT2D eigenvalue weighted by Gasteiger charge is -2.33. The summed E-state index contributed by atoms with van der Waals surface area (Å²) in [7, 11) is 0. The van der Waals surface area contributed by atoms with E-state index in [-0.39, 0.29) is 12.1 Å². The predicted molar refractivity (Wildman–Crippen MR) is 95.5 cm³/mol. The standard InChI is InChI=1S/C18H20N4O5/c19-17(25)14-7-3-4-8-22(14)15(23)10-27-16(24)9-21-11-20-13-6-2-1-5-12(13)18(21)26/h1-2,5-6,11,14H,3-4,7-10H2,(H2,19,25)/t14-/m1/s1. The van der Waals surface area contributed by atoms with Crippen LogP contribution in [-0.4, -0.2) is 51.4 Å². The molecule has 0 spiro atoms. The van der Waals surface area contributed by atoms with E-state index in [1.165, 1.54) is 11.2 Å². The van der Waals surface area contributed by atoms with Gasteiger partial charge in [-0.1, -0.05) is 12.1 Å². The number of piperidine rings is 1. The van der Waals surface area contributed by atoms with Gasteiger partial charge in [0.15, 0.2) is 6.61 Å². The zero-order valence-electron chi connectivity index (χ0n) is 14.7. The Morgan fingerprint density at radius 3 is 2.78 bits per heavy atom. The number of rotatable bonds is 5. The number of para-hydroxylation sites is 1. The molecule has 1 atom stereocenters. The average Bonchev–Trinajstić information content (AvgIpc) is 2.68. The van der Waals surface area contributed by atoms with E-state index in [9.17, 15) is 19.2 Å². The van der Waals surface area contributed by atoms with Gasteiger partial charge in [0, 0.05) is 6.54 Å². The molecule has 9 heteroatoms. The molecule has 1 aromatic heterocycles. The highest BCUT2D eigenvalue weighted by molar-refractivity contribution is 5.88. The Balaban J connectivity index is 1.61. The third-order valence-electron chi connectivity index (χ3n) is 4.54. The van der Waals surface area contributed by atoms with E-state index in [4.69, 9.17) is 10.5 Å². The van der Waals surface area contributed by atoms with Crippen molar-refractivity contribution in [2.75, 3.05) is 13.2 Å². The minimum atomic E-state index is -0.741. The molecule has 1 aliphatic rings. The van der Waals surface area contributed by atoms with Gasteiger partial charge in [-0.15, -0.1) is 0 Å². The van der Waals surface area contributed by atoms with Crippen molar-refractivity contribution in [1.82, 2.24) is 14.5 Å². The second kappa shape index (κ2) is 7.98. The summed E-state index contributed by atoms with van der Waals surface area (Å²) in [5, 5.41) is 0.390. The quantitative estimate of drug-likeness (QED) is 0.725. The van der Waals surface area contributed by atoms with Gasteiger partial charge in [0.05, 0.1) is 17.2 Å². The van der Waals surface area contributed by atoms with Crippen LogP contribution in [0.4, 0.5) is 0 Å². The van der Waals surface area contributed by atoms with Crippen LogP contribution in [0.2, 0.25) is 0 Å². The normalized spacial score (nSPS) is 16.9. The Morgan fingerprint density at radius 1 is 1.22 bits per heavy atom. The molecule has 1 aliphatic heterocycles. The van der Waals surface area contributed by atoms with Crippen LogP contribution in [-0.2, 0) is 25.7 Å². The molecule has 2 amide bonds. The first-order chi connectivity index (χ1) is 13.0. The molecule has 0 saturated carbocycles. The number of nitrogens with zero attached hydrogens (tertiary/aromatic N) is 3. The van der Waals surface area contributed by atoms with Gasteiger partial charge in [0.2, 0.25) is 5.91 Å². The summed E-state index contributed by atoms with van der Waals surface area (Å²) in [5.74, 6) is -1.78. The SMILES string of the molecule is NC(=O)[C@H]1CCCCN1C(=O)COC(=O)Cn1cnc2ccccc2c1=O. The van der Waals surface area contributed by atoms with Crippen LogP contribution in [0.5, 0.6) is 0 Å². The summed E-state index contributed by atoms with van der Waals surface area (Å²) in [4.78, 5) is 53.6. The number of amides is 2. The maximum Gasteiger partial charge on any atom is 0.326 e.